The maximum atomic E-state index is 12.2. The van der Waals surface area contributed by atoms with Gasteiger partial charge in [0.05, 0.1) is 18.3 Å². The number of methoxy groups -OCH3 is 1. The van der Waals surface area contributed by atoms with Crippen LogP contribution in [0.2, 0.25) is 0 Å². The zero-order valence-corrected chi connectivity index (χ0v) is 11.3. The molecular formula is C9H13N3O4S2. The van der Waals surface area contributed by atoms with Crippen LogP contribution in [0.3, 0.4) is 0 Å². The van der Waals surface area contributed by atoms with Gasteiger partial charge in [-0.05, 0) is 12.8 Å². The molecule has 1 aromatic rings. The maximum Gasteiger partial charge on any atom is 0.310 e. The second-order valence-electron chi connectivity index (χ2n) is 3.99. The summed E-state index contributed by atoms with van der Waals surface area (Å²) >= 11 is 1.10. The van der Waals surface area contributed by atoms with E-state index in [1.54, 1.807) is 0 Å². The lowest BCUT2D eigenvalue weighted by atomic mass is 10.1. The third kappa shape index (κ3) is 2.61. The van der Waals surface area contributed by atoms with Crippen molar-refractivity contribution in [2.45, 2.75) is 24.5 Å². The quantitative estimate of drug-likeness (QED) is 0.817. The number of nitrogens with zero attached hydrogens (tertiary/aromatic N) is 2. The zero-order valence-electron chi connectivity index (χ0n) is 9.70. The van der Waals surface area contributed by atoms with Crippen LogP contribution in [-0.2, 0) is 19.6 Å². The fraction of sp³-hybridized carbons (Fsp3) is 0.667. The Morgan fingerprint density at radius 2 is 2.33 bits per heavy atom. The molecule has 1 aliphatic carbocycles. The molecule has 18 heavy (non-hydrogen) atoms. The fourth-order valence-corrected chi connectivity index (χ4v) is 4.55. The number of aromatic nitrogens is 2. The Kier molecular flexibility index (Phi) is 3.81. The predicted octanol–water partition coefficient (Wildman–Crippen LogP) is 0.621. The van der Waals surface area contributed by atoms with Crippen LogP contribution in [0, 0.1) is 5.92 Å². The first-order chi connectivity index (χ1) is 8.54. The number of carbonyl (C=O) groups is 1. The lowest BCUT2D eigenvalue weighted by Crippen LogP contribution is -2.35. The van der Waals surface area contributed by atoms with E-state index in [2.05, 4.69) is 19.7 Å². The van der Waals surface area contributed by atoms with E-state index in [0.29, 0.717) is 19.3 Å². The molecule has 0 spiro atoms. The summed E-state index contributed by atoms with van der Waals surface area (Å²) in [4.78, 5) is 11.5. The number of esters is 1. The highest BCUT2D eigenvalue weighted by Crippen LogP contribution is 2.33. The normalized spacial score (nSPS) is 23.8. The number of ether oxygens (including phenoxy) is 1. The second kappa shape index (κ2) is 5.19. The molecule has 7 nitrogen and oxygen atoms in total. The molecular weight excluding hydrogens is 278 g/mol. The zero-order chi connectivity index (χ0) is 13.2. The van der Waals surface area contributed by atoms with Gasteiger partial charge in [-0.25, -0.2) is 8.42 Å². The predicted molar refractivity (Wildman–Crippen MR) is 65.6 cm³/mol. The van der Waals surface area contributed by atoms with Crippen molar-refractivity contribution in [2.24, 2.45) is 5.92 Å². The monoisotopic (exact) mass is 291 g/mol. The Balaban J connectivity index is 2.16. The molecule has 2 unspecified atom stereocenters. The molecule has 2 rings (SSSR count). The summed E-state index contributed by atoms with van der Waals surface area (Å²) in [6, 6.07) is 0. The van der Waals surface area contributed by atoms with Crippen molar-refractivity contribution in [3.63, 3.8) is 0 Å². The number of anilines is 1. The van der Waals surface area contributed by atoms with Gasteiger partial charge in [-0.1, -0.05) is 17.8 Å². The highest BCUT2D eigenvalue weighted by atomic mass is 32.2. The van der Waals surface area contributed by atoms with Crippen molar-refractivity contribution < 1.29 is 17.9 Å². The van der Waals surface area contributed by atoms with Gasteiger partial charge in [0.1, 0.15) is 5.51 Å². The van der Waals surface area contributed by atoms with Crippen molar-refractivity contribution >= 4 is 32.5 Å². The largest absolute Gasteiger partial charge is 0.469 e. The van der Waals surface area contributed by atoms with Crippen molar-refractivity contribution in [3.05, 3.63) is 5.51 Å². The summed E-state index contributed by atoms with van der Waals surface area (Å²) < 4.78 is 31.3. The molecule has 0 aliphatic heterocycles. The molecule has 0 aromatic carbocycles. The van der Waals surface area contributed by atoms with Gasteiger partial charge < -0.3 is 4.74 Å². The lowest BCUT2D eigenvalue weighted by molar-refractivity contribution is -0.145. The summed E-state index contributed by atoms with van der Waals surface area (Å²) in [7, 11) is -2.36. The molecule has 1 fully saturated rings. The first-order valence-corrected chi connectivity index (χ1v) is 7.83. The van der Waals surface area contributed by atoms with E-state index >= 15 is 0 Å². The van der Waals surface area contributed by atoms with Crippen LogP contribution >= 0.6 is 11.3 Å². The van der Waals surface area contributed by atoms with E-state index in [1.165, 1.54) is 12.6 Å². The smallest absolute Gasteiger partial charge is 0.310 e. The minimum absolute atomic E-state index is 0.213. The molecule has 0 saturated heterocycles. The van der Waals surface area contributed by atoms with Crippen LogP contribution in [0.1, 0.15) is 19.3 Å². The van der Waals surface area contributed by atoms with Gasteiger partial charge in [0.25, 0.3) is 0 Å². The minimum Gasteiger partial charge on any atom is -0.469 e. The van der Waals surface area contributed by atoms with Crippen LogP contribution in [0.4, 0.5) is 5.13 Å². The topological polar surface area (TPSA) is 98.2 Å². The van der Waals surface area contributed by atoms with E-state index in [-0.39, 0.29) is 5.13 Å². The van der Waals surface area contributed by atoms with Gasteiger partial charge >= 0.3 is 5.97 Å². The SMILES string of the molecule is COC(=O)C1CCCC1S(=O)(=O)Nc1nncs1. The number of hydrogen-bond donors (Lipinski definition) is 1. The number of rotatable bonds is 4. The van der Waals surface area contributed by atoms with Crippen LogP contribution in [0.5, 0.6) is 0 Å². The maximum absolute atomic E-state index is 12.2. The summed E-state index contributed by atoms with van der Waals surface area (Å²) in [5, 5.41) is 6.64. The van der Waals surface area contributed by atoms with Gasteiger partial charge in [0, 0.05) is 0 Å². The summed E-state index contributed by atoms with van der Waals surface area (Å²) in [6.45, 7) is 0. The van der Waals surface area contributed by atoms with Crippen molar-refractivity contribution in [1.82, 2.24) is 10.2 Å². The van der Waals surface area contributed by atoms with Crippen LogP contribution in [0.25, 0.3) is 0 Å². The van der Waals surface area contributed by atoms with E-state index in [4.69, 9.17) is 0 Å². The third-order valence-electron chi connectivity index (χ3n) is 2.94. The van der Waals surface area contributed by atoms with Gasteiger partial charge in [-0.3, -0.25) is 9.52 Å². The molecule has 1 saturated carbocycles. The Morgan fingerprint density at radius 3 is 2.94 bits per heavy atom. The van der Waals surface area contributed by atoms with Crippen LogP contribution in [-0.4, -0.2) is 36.9 Å². The molecule has 100 valence electrons. The number of sulfonamides is 1. The lowest BCUT2D eigenvalue weighted by Gasteiger charge is -2.17. The van der Waals surface area contributed by atoms with Gasteiger partial charge in [-0.15, -0.1) is 10.2 Å². The Bertz CT molecular complexity index is 514. The molecule has 1 N–H and O–H groups in total. The fourth-order valence-electron chi connectivity index (χ4n) is 2.13. The first kappa shape index (κ1) is 13.2. The van der Waals surface area contributed by atoms with Crippen LogP contribution < -0.4 is 4.72 Å². The summed E-state index contributed by atoms with van der Waals surface area (Å²) in [6.07, 6.45) is 1.68. The summed E-state index contributed by atoms with van der Waals surface area (Å²) in [5.74, 6) is -1.07. The average Bonchev–Trinajstić information content (AvgIpc) is 2.97. The van der Waals surface area contributed by atoms with E-state index < -0.39 is 27.2 Å². The third-order valence-corrected chi connectivity index (χ3v) is 5.52. The van der Waals surface area contributed by atoms with Gasteiger partial charge in [-0.2, -0.15) is 0 Å². The molecule has 0 radical (unpaired) electrons. The molecule has 9 heteroatoms. The molecule has 1 aromatic heterocycles. The number of nitrogens with one attached hydrogen (secondary N) is 1. The van der Waals surface area contributed by atoms with Gasteiger partial charge in [0.15, 0.2) is 0 Å². The van der Waals surface area contributed by atoms with Gasteiger partial charge in [0.2, 0.25) is 15.2 Å². The first-order valence-electron chi connectivity index (χ1n) is 5.40. The number of hydrogen-bond acceptors (Lipinski definition) is 7. The van der Waals surface area contributed by atoms with E-state index in [1.807, 2.05) is 0 Å². The van der Waals surface area contributed by atoms with Crippen molar-refractivity contribution in [2.75, 3.05) is 11.8 Å². The molecule has 1 aliphatic rings. The molecule has 0 amide bonds. The van der Waals surface area contributed by atoms with Crippen molar-refractivity contribution in [3.8, 4) is 0 Å². The average molecular weight is 291 g/mol. The highest BCUT2D eigenvalue weighted by Gasteiger charge is 2.42. The Hall–Kier alpha value is -1.22. The van der Waals surface area contributed by atoms with Crippen LogP contribution in [0.15, 0.2) is 5.51 Å². The van der Waals surface area contributed by atoms with E-state index in [0.717, 1.165) is 11.3 Å². The molecule has 0 bridgehead atoms. The van der Waals surface area contributed by atoms with Crippen molar-refractivity contribution in [1.29, 1.82) is 0 Å². The highest BCUT2D eigenvalue weighted by molar-refractivity contribution is 7.93. The number of carbonyl (C=O) groups excluding carboxylic acids is 1. The second-order valence-corrected chi connectivity index (χ2v) is 6.72. The summed E-state index contributed by atoms with van der Waals surface area (Å²) in [5.41, 5.74) is 1.43. The standard InChI is InChI=1S/C9H13N3O4S2/c1-16-8(13)6-3-2-4-7(6)18(14,15)12-9-11-10-5-17-9/h5-7H,2-4H2,1H3,(H,11,12). The molecule has 2 atom stereocenters. The minimum atomic E-state index is -3.63. The Morgan fingerprint density at radius 1 is 1.56 bits per heavy atom. The Labute approximate surface area is 109 Å². The van der Waals surface area contributed by atoms with E-state index in [9.17, 15) is 13.2 Å². The molecule has 1 heterocycles.